The number of esters is 1. The second-order valence-electron chi connectivity index (χ2n) is 6.02. The second-order valence-corrected chi connectivity index (χ2v) is 6.02. The number of carboxylic acids is 1. The Morgan fingerprint density at radius 1 is 1.00 bits per heavy atom. The first kappa shape index (κ1) is 20.9. The van der Waals surface area contributed by atoms with Crippen LogP contribution in [0.3, 0.4) is 0 Å². The zero-order valence-corrected chi connectivity index (χ0v) is 14.1. The van der Waals surface area contributed by atoms with Crippen molar-refractivity contribution >= 4 is 11.9 Å². The van der Waals surface area contributed by atoms with E-state index in [1.54, 1.807) is 6.92 Å². The molecule has 0 amide bonds. The van der Waals surface area contributed by atoms with Gasteiger partial charge in [-0.05, 0) is 26.2 Å². The van der Waals surface area contributed by atoms with Crippen molar-refractivity contribution in [2.24, 2.45) is 5.92 Å². The van der Waals surface area contributed by atoms with Gasteiger partial charge in [-0.1, -0.05) is 45.4 Å². The maximum Gasteiger partial charge on any atom is 0.309 e. The Morgan fingerprint density at radius 3 is 2.09 bits per heavy atom. The minimum absolute atomic E-state index is 0.0449. The smallest absolute Gasteiger partial charge is 0.309 e. The van der Waals surface area contributed by atoms with Crippen LogP contribution in [0.5, 0.6) is 0 Å². The topological polar surface area (TPSA) is 83.8 Å². The van der Waals surface area contributed by atoms with Gasteiger partial charge in [0.25, 0.3) is 0 Å². The number of aliphatic hydroxyl groups is 1. The molecule has 0 aromatic heterocycles. The number of hydrogen-bond donors (Lipinski definition) is 2. The van der Waals surface area contributed by atoms with E-state index in [1.165, 1.54) is 6.42 Å². The lowest BCUT2D eigenvalue weighted by molar-refractivity contribution is -0.152. The zero-order valence-electron chi connectivity index (χ0n) is 14.1. The van der Waals surface area contributed by atoms with Gasteiger partial charge in [-0.15, -0.1) is 0 Å². The van der Waals surface area contributed by atoms with Crippen LogP contribution >= 0.6 is 0 Å². The van der Waals surface area contributed by atoms with Crippen molar-refractivity contribution in [2.75, 3.05) is 6.61 Å². The molecule has 0 saturated carbocycles. The Morgan fingerprint density at radius 2 is 1.59 bits per heavy atom. The minimum Gasteiger partial charge on any atom is -0.481 e. The number of aliphatic carboxylic acids is 1. The third-order valence-electron chi connectivity index (χ3n) is 3.65. The summed E-state index contributed by atoms with van der Waals surface area (Å²) in [6, 6.07) is 0. The molecule has 0 aliphatic rings. The van der Waals surface area contributed by atoms with Crippen LogP contribution < -0.4 is 0 Å². The maximum atomic E-state index is 12.1. The molecular formula is C17H32O5. The van der Waals surface area contributed by atoms with Gasteiger partial charge in [0.05, 0.1) is 12.0 Å². The molecule has 0 heterocycles. The third-order valence-corrected chi connectivity index (χ3v) is 3.65. The molecule has 0 fully saturated rings. The second kappa shape index (κ2) is 13.6. The summed E-state index contributed by atoms with van der Waals surface area (Å²) in [6.45, 7) is 3.79. The molecule has 0 bridgehead atoms. The van der Waals surface area contributed by atoms with Crippen molar-refractivity contribution < 1.29 is 24.5 Å². The zero-order chi connectivity index (χ0) is 16.8. The fourth-order valence-electron chi connectivity index (χ4n) is 2.36. The summed E-state index contributed by atoms with van der Waals surface area (Å²) in [5.74, 6) is -1.12. The molecule has 0 aliphatic carbocycles. The number of aliphatic hydroxyl groups excluding tert-OH is 1. The number of rotatable bonds is 14. The maximum absolute atomic E-state index is 12.1. The monoisotopic (exact) mass is 316 g/mol. The lowest BCUT2D eigenvalue weighted by Gasteiger charge is -2.16. The molecule has 0 aromatic carbocycles. The molecule has 0 aromatic rings. The summed E-state index contributed by atoms with van der Waals surface area (Å²) in [4.78, 5) is 22.5. The molecule has 0 spiro atoms. The van der Waals surface area contributed by atoms with E-state index in [2.05, 4.69) is 6.92 Å². The normalized spacial score (nSPS) is 13.6. The summed E-state index contributed by atoms with van der Waals surface area (Å²) in [7, 11) is 0. The van der Waals surface area contributed by atoms with Gasteiger partial charge in [-0.25, -0.2) is 0 Å². The predicted molar refractivity (Wildman–Crippen MR) is 85.6 cm³/mol. The Kier molecular flexibility index (Phi) is 12.9. The van der Waals surface area contributed by atoms with Crippen LogP contribution in [0.2, 0.25) is 0 Å². The molecule has 5 nitrogen and oxygen atoms in total. The van der Waals surface area contributed by atoms with E-state index in [4.69, 9.17) is 9.84 Å². The first-order valence-corrected chi connectivity index (χ1v) is 8.53. The molecule has 0 aliphatic heterocycles. The lowest BCUT2D eigenvalue weighted by Crippen LogP contribution is -2.22. The van der Waals surface area contributed by atoms with Crippen LogP contribution in [0.4, 0.5) is 0 Å². The molecule has 2 N–H and O–H groups in total. The van der Waals surface area contributed by atoms with Gasteiger partial charge in [-0.3, -0.25) is 9.59 Å². The summed E-state index contributed by atoms with van der Waals surface area (Å²) >= 11 is 0. The standard InChI is InChI=1S/C17H32O5/c1-3-4-5-7-10-15(17(21)22-13-14(2)18)11-8-6-9-12-16(19)20/h14-15,18H,3-13H2,1-2H3,(H,19,20). The quantitative estimate of drug-likeness (QED) is 0.378. The van der Waals surface area contributed by atoms with Crippen LogP contribution in [0, 0.1) is 5.92 Å². The average molecular weight is 316 g/mol. The SMILES string of the molecule is CCCCCCC(CCCCCC(=O)O)C(=O)OCC(C)O. The number of carboxylic acid groups (broad SMARTS) is 1. The van der Waals surface area contributed by atoms with E-state index in [1.807, 2.05) is 0 Å². The number of carbonyl (C=O) groups is 2. The van der Waals surface area contributed by atoms with Crippen LogP contribution in [-0.2, 0) is 14.3 Å². The van der Waals surface area contributed by atoms with E-state index in [9.17, 15) is 14.7 Å². The van der Waals surface area contributed by atoms with Gasteiger partial charge in [0.1, 0.15) is 6.61 Å². The number of carbonyl (C=O) groups excluding carboxylic acids is 1. The summed E-state index contributed by atoms with van der Waals surface area (Å²) in [5, 5.41) is 17.8. The van der Waals surface area contributed by atoms with Gasteiger partial charge in [0.2, 0.25) is 0 Å². The van der Waals surface area contributed by atoms with Gasteiger partial charge in [0.15, 0.2) is 0 Å². The van der Waals surface area contributed by atoms with Crippen molar-refractivity contribution in [3.8, 4) is 0 Å². The first-order valence-electron chi connectivity index (χ1n) is 8.53. The summed E-state index contributed by atoms with van der Waals surface area (Å²) in [6.07, 6.45) is 7.89. The summed E-state index contributed by atoms with van der Waals surface area (Å²) < 4.78 is 5.13. The molecule has 130 valence electrons. The highest BCUT2D eigenvalue weighted by Gasteiger charge is 2.19. The van der Waals surface area contributed by atoms with Gasteiger partial charge >= 0.3 is 11.9 Å². The Hall–Kier alpha value is -1.10. The molecule has 0 radical (unpaired) electrons. The lowest BCUT2D eigenvalue weighted by atomic mass is 9.94. The molecular weight excluding hydrogens is 284 g/mol. The first-order chi connectivity index (χ1) is 10.5. The van der Waals surface area contributed by atoms with E-state index < -0.39 is 12.1 Å². The highest BCUT2D eigenvalue weighted by atomic mass is 16.5. The Balaban J connectivity index is 4.08. The van der Waals surface area contributed by atoms with Crippen molar-refractivity contribution in [1.29, 1.82) is 0 Å². The number of unbranched alkanes of at least 4 members (excludes halogenated alkanes) is 5. The highest BCUT2D eigenvalue weighted by Crippen LogP contribution is 2.20. The van der Waals surface area contributed by atoms with Crippen LogP contribution in [0.15, 0.2) is 0 Å². The van der Waals surface area contributed by atoms with E-state index in [0.717, 1.165) is 44.9 Å². The van der Waals surface area contributed by atoms with E-state index in [0.29, 0.717) is 6.42 Å². The van der Waals surface area contributed by atoms with E-state index >= 15 is 0 Å². The summed E-state index contributed by atoms with van der Waals surface area (Å²) in [5.41, 5.74) is 0. The predicted octanol–water partition coefficient (Wildman–Crippen LogP) is 3.53. The van der Waals surface area contributed by atoms with Crippen LogP contribution in [0.25, 0.3) is 0 Å². The fraction of sp³-hybridized carbons (Fsp3) is 0.882. The van der Waals surface area contributed by atoms with E-state index in [-0.39, 0.29) is 24.9 Å². The third kappa shape index (κ3) is 12.6. The number of ether oxygens (including phenoxy) is 1. The number of hydrogen-bond acceptors (Lipinski definition) is 4. The largest absolute Gasteiger partial charge is 0.481 e. The highest BCUT2D eigenvalue weighted by molar-refractivity contribution is 5.72. The average Bonchev–Trinajstić information content (AvgIpc) is 2.46. The van der Waals surface area contributed by atoms with Gasteiger partial charge in [-0.2, -0.15) is 0 Å². The van der Waals surface area contributed by atoms with Crippen molar-refractivity contribution in [3.63, 3.8) is 0 Å². The minimum atomic E-state index is -0.771. The molecule has 0 saturated heterocycles. The fourth-order valence-corrected chi connectivity index (χ4v) is 2.36. The molecule has 5 heteroatoms. The van der Waals surface area contributed by atoms with Crippen molar-refractivity contribution in [3.05, 3.63) is 0 Å². The van der Waals surface area contributed by atoms with Gasteiger partial charge in [0, 0.05) is 6.42 Å². The van der Waals surface area contributed by atoms with Crippen molar-refractivity contribution in [1.82, 2.24) is 0 Å². The molecule has 2 atom stereocenters. The Labute approximate surface area is 134 Å². The molecule has 0 rings (SSSR count). The molecule has 2 unspecified atom stereocenters. The molecule has 22 heavy (non-hydrogen) atoms. The van der Waals surface area contributed by atoms with Gasteiger partial charge < -0.3 is 14.9 Å². The van der Waals surface area contributed by atoms with Crippen LogP contribution in [-0.4, -0.2) is 34.9 Å². The Bertz CT molecular complexity index is 301. The van der Waals surface area contributed by atoms with Crippen molar-refractivity contribution in [2.45, 2.75) is 84.2 Å². The van der Waals surface area contributed by atoms with Crippen LogP contribution in [0.1, 0.15) is 78.1 Å².